The molecule has 1 aliphatic carbocycles. The molecule has 2 nitrogen and oxygen atoms in total. The zero-order chi connectivity index (χ0) is 12.3. The van der Waals surface area contributed by atoms with Crippen molar-refractivity contribution in [3.63, 3.8) is 0 Å². The Balaban J connectivity index is 2.09. The summed E-state index contributed by atoms with van der Waals surface area (Å²) in [7, 11) is 2.28. The van der Waals surface area contributed by atoms with E-state index < -0.39 is 0 Å². The standard InChI is InChI=1S/C14H24N2S/c1-3-12(14-8-5-9-17-14)16(2)13-7-4-6-11(13)10-15/h5,8-9,11-13H,3-4,6-7,10,15H2,1-2H3. The lowest BCUT2D eigenvalue weighted by Crippen LogP contribution is -2.39. The van der Waals surface area contributed by atoms with E-state index in [1.54, 1.807) is 0 Å². The Kier molecular flexibility index (Phi) is 4.60. The first-order chi connectivity index (χ1) is 8.27. The third-order valence-electron chi connectivity index (χ3n) is 4.19. The summed E-state index contributed by atoms with van der Waals surface area (Å²) in [4.78, 5) is 4.08. The largest absolute Gasteiger partial charge is 0.330 e. The van der Waals surface area contributed by atoms with Crippen molar-refractivity contribution in [3.05, 3.63) is 22.4 Å². The van der Waals surface area contributed by atoms with Crippen LogP contribution >= 0.6 is 11.3 Å². The maximum absolute atomic E-state index is 5.90. The highest BCUT2D eigenvalue weighted by Gasteiger charge is 2.32. The molecule has 3 heteroatoms. The van der Waals surface area contributed by atoms with E-state index in [2.05, 4.69) is 36.4 Å². The predicted octanol–water partition coefficient (Wildman–Crippen LogP) is 3.26. The van der Waals surface area contributed by atoms with Gasteiger partial charge in [0.15, 0.2) is 0 Å². The summed E-state index contributed by atoms with van der Waals surface area (Å²) >= 11 is 1.88. The molecular weight excluding hydrogens is 228 g/mol. The maximum Gasteiger partial charge on any atom is 0.0438 e. The number of thiophene rings is 1. The Bertz CT molecular complexity index is 323. The highest BCUT2D eigenvalue weighted by molar-refractivity contribution is 7.10. The van der Waals surface area contributed by atoms with E-state index in [1.807, 2.05) is 11.3 Å². The lowest BCUT2D eigenvalue weighted by Gasteiger charge is -2.35. The maximum atomic E-state index is 5.90. The molecule has 1 aromatic heterocycles. The van der Waals surface area contributed by atoms with E-state index in [0.29, 0.717) is 18.0 Å². The van der Waals surface area contributed by atoms with E-state index in [1.165, 1.54) is 30.6 Å². The Morgan fingerprint density at radius 2 is 2.35 bits per heavy atom. The first kappa shape index (κ1) is 13.1. The van der Waals surface area contributed by atoms with Crippen LogP contribution in [0.1, 0.15) is 43.5 Å². The van der Waals surface area contributed by atoms with Crippen LogP contribution in [0.15, 0.2) is 17.5 Å². The molecule has 1 fully saturated rings. The van der Waals surface area contributed by atoms with Gasteiger partial charge in [0, 0.05) is 17.0 Å². The van der Waals surface area contributed by atoms with E-state index in [9.17, 15) is 0 Å². The fourth-order valence-electron chi connectivity index (χ4n) is 3.23. The van der Waals surface area contributed by atoms with Crippen molar-refractivity contribution in [2.45, 2.75) is 44.7 Å². The summed E-state index contributed by atoms with van der Waals surface area (Å²) in [5, 5.41) is 2.18. The smallest absolute Gasteiger partial charge is 0.0438 e. The SMILES string of the molecule is CCC(c1cccs1)N(C)C1CCCC1CN. The van der Waals surface area contributed by atoms with E-state index >= 15 is 0 Å². The molecule has 1 heterocycles. The Morgan fingerprint density at radius 1 is 1.53 bits per heavy atom. The molecule has 2 N–H and O–H groups in total. The van der Waals surface area contributed by atoms with Crippen LogP contribution in [-0.2, 0) is 0 Å². The highest BCUT2D eigenvalue weighted by Crippen LogP contribution is 2.36. The van der Waals surface area contributed by atoms with Gasteiger partial charge in [-0.3, -0.25) is 4.90 Å². The van der Waals surface area contributed by atoms with Gasteiger partial charge in [-0.1, -0.05) is 19.4 Å². The molecule has 1 aromatic rings. The molecule has 0 radical (unpaired) electrons. The molecule has 0 saturated heterocycles. The van der Waals surface area contributed by atoms with Crippen LogP contribution < -0.4 is 5.73 Å². The predicted molar refractivity (Wildman–Crippen MR) is 75.3 cm³/mol. The molecular formula is C14H24N2S. The second-order valence-corrected chi connectivity index (χ2v) is 6.08. The van der Waals surface area contributed by atoms with Gasteiger partial charge in [-0.25, -0.2) is 0 Å². The number of hydrogen-bond donors (Lipinski definition) is 1. The number of hydrogen-bond acceptors (Lipinski definition) is 3. The van der Waals surface area contributed by atoms with Crippen molar-refractivity contribution < 1.29 is 0 Å². The monoisotopic (exact) mass is 252 g/mol. The van der Waals surface area contributed by atoms with E-state index in [0.717, 1.165) is 6.54 Å². The van der Waals surface area contributed by atoms with E-state index in [-0.39, 0.29) is 0 Å². The first-order valence-electron chi connectivity index (χ1n) is 6.73. The lowest BCUT2D eigenvalue weighted by molar-refractivity contribution is 0.140. The molecule has 1 saturated carbocycles. The van der Waals surface area contributed by atoms with Gasteiger partial charge in [-0.2, -0.15) is 0 Å². The summed E-state index contributed by atoms with van der Waals surface area (Å²) in [6, 6.07) is 5.69. The molecule has 3 atom stereocenters. The van der Waals surface area contributed by atoms with Gasteiger partial charge >= 0.3 is 0 Å². The molecule has 17 heavy (non-hydrogen) atoms. The van der Waals surface area contributed by atoms with Crippen molar-refractivity contribution in [1.29, 1.82) is 0 Å². The summed E-state index contributed by atoms with van der Waals surface area (Å²) in [6.07, 6.45) is 5.16. The summed E-state index contributed by atoms with van der Waals surface area (Å²) in [5.41, 5.74) is 5.90. The topological polar surface area (TPSA) is 29.3 Å². The van der Waals surface area contributed by atoms with Crippen molar-refractivity contribution in [1.82, 2.24) is 4.90 Å². The molecule has 3 unspecified atom stereocenters. The lowest BCUT2D eigenvalue weighted by atomic mass is 10.00. The minimum atomic E-state index is 0.576. The zero-order valence-corrected chi connectivity index (χ0v) is 11.7. The fourth-order valence-corrected chi connectivity index (χ4v) is 4.19. The second-order valence-electron chi connectivity index (χ2n) is 5.10. The zero-order valence-electron chi connectivity index (χ0n) is 10.9. The Labute approximate surface area is 109 Å². The molecule has 0 amide bonds. The van der Waals surface area contributed by atoms with Crippen LogP contribution in [-0.4, -0.2) is 24.5 Å². The first-order valence-corrected chi connectivity index (χ1v) is 7.61. The van der Waals surface area contributed by atoms with Crippen LogP contribution in [0.5, 0.6) is 0 Å². The molecule has 0 spiro atoms. The van der Waals surface area contributed by atoms with Crippen molar-refractivity contribution in [2.75, 3.05) is 13.6 Å². The molecule has 1 aliphatic rings. The molecule has 0 aliphatic heterocycles. The van der Waals surface area contributed by atoms with Gasteiger partial charge in [0.2, 0.25) is 0 Å². The Morgan fingerprint density at radius 3 is 2.94 bits per heavy atom. The summed E-state index contributed by atoms with van der Waals surface area (Å²) in [5.74, 6) is 0.703. The normalized spacial score (nSPS) is 26.6. The van der Waals surface area contributed by atoms with Gasteiger partial charge in [-0.05, 0) is 50.2 Å². The van der Waals surface area contributed by atoms with Crippen LogP contribution in [0.2, 0.25) is 0 Å². The van der Waals surface area contributed by atoms with Crippen LogP contribution in [0, 0.1) is 5.92 Å². The van der Waals surface area contributed by atoms with Gasteiger partial charge in [0.25, 0.3) is 0 Å². The van der Waals surface area contributed by atoms with Crippen LogP contribution in [0.3, 0.4) is 0 Å². The van der Waals surface area contributed by atoms with Crippen molar-refractivity contribution >= 4 is 11.3 Å². The number of rotatable bonds is 5. The van der Waals surface area contributed by atoms with Gasteiger partial charge in [0.05, 0.1) is 0 Å². The third-order valence-corrected chi connectivity index (χ3v) is 5.17. The van der Waals surface area contributed by atoms with Gasteiger partial charge in [-0.15, -0.1) is 11.3 Å². The average Bonchev–Trinajstić information content (AvgIpc) is 3.00. The quantitative estimate of drug-likeness (QED) is 0.871. The molecule has 0 aromatic carbocycles. The molecule has 2 rings (SSSR count). The van der Waals surface area contributed by atoms with E-state index in [4.69, 9.17) is 5.73 Å². The van der Waals surface area contributed by atoms with Crippen molar-refractivity contribution in [3.8, 4) is 0 Å². The highest BCUT2D eigenvalue weighted by atomic mass is 32.1. The van der Waals surface area contributed by atoms with Crippen molar-refractivity contribution in [2.24, 2.45) is 11.7 Å². The Hall–Kier alpha value is -0.380. The van der Waals surface area contributed by atoms with Crippen LogP contribution in [0.25, 0.3) is 0 Å². The average molecular weight is 252 g/mol. The summed E-state index contributed by atoms with van der Waals surface area (Å²) < 4.78 is 0. The fraction of sp³-hybridized carbons (Fsp3) is 0.714. The molecule has 0 bridgehead atoms. The van der Waals surface area contributed by atoms with Gasteiger partial charge < -0.3 is 5.73 Å². The third kappa shape index (κ3) is 2.72. The second kappa shape index (κ2) is 5.98. The van der Waals surface area contributed by atoms with Gasteiger partial charge in [0.1, 0.15) is 0 Å². The minimum Gasteiger partial charge on any atom is -0.330 e. The van der Waals surface area contributed by atoms with Crippen LogP contribution in [0.4, 0.5) is 0 Å². The number of nitrogens with two attached hydrogens (primary N) is 1. The number of nitrogens with zero attached hydrogens (tertiary/aromatic N) is 1. The molecule has 96 valence electrons. The summed E-state index contributed by atoms with van der Waals surface area (Å²) in [6.45, 7) is 3.13. The minimum absolute atomic E-state index is 0.576.